The van der Waals surface area contributed by atoms with Gasteiger partial charge in [0, 0.05) is 13.7 Å². The van der Waals surface area contributed by atoms with Crippen LogP contribution in [0, 0.1) is 46.3 Å². The Kier molecular flexibility index (Phi) is 5.92. The van der Waals surface area contributed by atoms with Crippen molar-refractivity contribution in [3.63, 3.8) is 0 Å². The maximum Gasteiger partial charge on any atom is 0.0577 e. The van der Waals surface area contributed by atoms with Crippen LogP contribution in [-0.4, -0.2) is 36.1 Å². The minimum Gasteiger partial charge on any atom is -0.393 e. The summed E-state index contributed by atoms with van der Waals surface area (Å²) in [4.78, 5) is 0. The number of rotatable bonds is 5. The Labute approximate surface area is 172 Å². The molecule has 3 unspecified atom stereocenters. The fourth-order valence-electron chi connectivity index (χ4n) is 9.00. The number of aliphatic hydroxyl groups excluding tert-OH is 2. The van der Waals surface area contributed by atoms with Gasteiger partial charge in [-0.1, -0.05) is 20.8 Å². The van der Waals surface area contributed by atoms with E-state index in [9.17, 15) is 10.2 Å². The summed E-state index contributed by atoms with van der Waals surface area (Å²) in [6, 6.07) is 0. The summed E-state index contributed by atoms with van der Waals surface area (Å²) in [7, 11) is 1.81. The van der Waals surface area contributed by atoms with Gasteiger partial charge in [0.2, 0.25) is 0 Å². The van der Waals surface area contributed by atoms with Crippen molar-refractivity contribution in [1.82, 2.24) is 0 Å². The molecule has 0 aromatic carbocycles. The van der Waals surface area contributed by atoms with Gasteiger partial charge in [-0.3, -0.25) is 0 Å². The monoisotopic (exact) mass is 392 g/mol. The molecule has 0 aromatic heterocycles. The Morgan fingerprint density at radius 3 is 2.39 bits per heavy atom. The van der Waals surface area contributed by atoms with Crippen LogP contribution < -0.4 is 0 Å². The second-order valence-corrected chi connectivity index (χ2v) is 11.6. The summed E-state index contributed by atoms with van der Waals surface area (Å²) in [6.07, 6.45) is 11.4. The third kappa shape index (κ3) is 3.28. The van der Waals surface area contributed by atoms with E-state index in [1.54, 1.807) is 0 Å². The molecule has 0 spiro atoms. The third-order valence-corrected chi connectivity index (χ3v) is 10.4. The lowest BCUT2D eigenvalue weighted by molar-refractivity contribution is -0.172. The number of hydrogen-bond donors (Lipinski definition) is 2. The van der Waals surface area contributed by atoms with Gasteiger partial charge in [0.1, 0.15) is 0 Å². The maximum atomic E-state index is 11.1. The molecule has 4 aliphatic rings. The second-order valence-electron chi connectivity index (χ2n) is 11.6. The van der Waals surface area contributed by atoms with Crippen molar-refractivity contribution in [3.05, 3.63) is 0 Å². The lowest BCUT2D eigenvalue weighted by Gasteiger charge is -2.62. The van der Waals surface area contributed by atoms with Crippen LogP contribution in [0.1, 0.15) is 85.0 Å². The molecule has 0 heterocycles. The molecule has 162 valence electrons. The van der Waals surface area contributed by atoms with E-state index >= 15 is 0 Å². The van der Waals surface area contributed by atoms with Crippen LogP contribution in [-0.2, 0) is 4.74 Å². The van der Waals surface area contributed by atoms with E-state index in [1.807, 2.05) is 7.11 Å². The molecule has 0 aromatic rings. The molecule has 0 bridgehead atoms. The lowest BCUT2D eigenvalue weighted by atomic mass is 9.44. The first kappa shape index (κ1) is 21.1. The number of ether oxygens (including phenoxy) is 1. The first-order chi connectivity index (χ1) is 13.3. The predicted molar refractivity (Wildman–Crippen MR) is 113 cm³/mol. The van der Waals surface area contributed by atoms with E-state index in [-0.39, 0.29) is 17.6 Å². The molecular weight excluding hydrogens is 348 g/mol. The van der Waals surface area contributed by atoms with Crippen LogP contribution in [0.15, 0.2) is 0 Å². The van der Waals surface area contributed by atoms with Crippen molar-refractivity contribution in [2.24, 2.45) is 46.3 Å². The number of methoxy groups -OCH3 is 1. The van der Waals surface area contributed by atoms with E-state index in [2.05, 4.69) is 20.8 Å². The molecule has 4 saturated carbocycles. The second kappa shape index (κ2) is 7.85. The largest absolute Gasteiger partial charge is 0.393 e. The number of hydrogen-bond acceptors (Lipinski definition) is 3. The van der Waals surface area contributed by atoms with Crippen LogP contribution in [0.3, 0.4) is 0 Å². The van der Waals surface area contributed by atoms with Crippen LogP contribution in [0.4, 0.5) is 0 Å². The molecule has 10 atom stereocenters. The molecule has 4 rings (SSSR count). The van der Waals surface area contributed by atoms with Gasteiger partial charge >= 0.3 is 0 Å². The lowest BCUT2D eigenvalue weighted by Crippen LogP contribution is -2.58. The van der Waals surface area contributed by atoms with E-state index in [0.29, 0.717) is 17.3 Å². The summed E-state index contributed by atoms with van der Waals surface area (Å²) in [5, 5.41) is 21.4. The quantitative estimate of drug-likeness (QED) is 0.645. The summed E-state index contributed by atoms with van der Waals surface area (Å²) < 4.78 is 5.29. The first-order valence-corrected chi connectivity index (χ1v) is 12.2. The average Bonchev–Trinajstić information content (AvgIpc) is 3.01. The fraction of sp³-hybridized carbons (Fsp3) is 1.00. The van der Waals surface area contributed by atoms with Crippen LogP contribution >= 0.6 is 0 Å². The Morgan fingerprint density at radius 1 is 0.929 bits per heavy atom. The van der Waals surface area contributed by atoms with Gasteiger partial charge in [0.05, 0.1) is 12.2 Å². The molecule has 0 radical (unpaired) electrons. The van der Waals surface area contributed by atoms with Crippen molar-refractivity contribution in [1.29, 1.82) is 0 Å². The molecule has 4 fully saturated rings. The molecule has 0 aliphatic heterocycles. The zero-order chi connectivity index (χ0) is 20.1. The van der Waals surface area contributed by atoms with Crippen molar-refractivity contribution < 1.29 is 14.9 Å². The Balaban J connectivity index is 1.52. The Bertz CT molecular complexity index is 550. The van der Waals surface area contributed by atoms with E-state index < -0.39 is 0 Å². The average molecular weight is 393 g/mol. The minimum atomic E-state index is -0.207. The van der Waals surface area contributed by atoms with Crippen LogP contribution in [0.25, 0.3) is 0 Å². The highest BCUT2D eigenvalue weighted by Crippen LogP contribution is 2.68. The molecule has 3 nitrogen and oxygen atoms in total. The highest BCUT2D eigenvalue weighted by atomic mass is 16.5. The van der Waals surface area contributed by atoms with Crippen molar-refractivity contribution >= 4 is 0 Å². The molecule has 28 heavy (non-hydrogen) atoms. The minimum absolute atomic E-state index is 0.193. The van der Waals surface area contributed by atoms with Gasteiger partial charge in [-0.05, 0) is 111 Å². The highest BCUT2D eigenvalue weighted by molar-refractivity contribution is 5.11. The summed E-state index contributed by atoms with van der Waals surface area (Å²) in [5.41, 5.74) is 0.704. The van der Waals surface area contributed by atoms with Crippen molar-refractivity contribution in [2.45, 2.75) is 97.2 Å². The van der Waals surface area contributed by atoms with Gasteiger partial charge in [-0.2, -0.15) is 0 Å². The topological polar surface area (TPSA) is 49.7 Å². The van der Waals surface area contributed by atoms with Gasteiger partial charge < -0.3 is 14.9 Å². The van der Waals surface area contributed by atoms with Crippen molar-refractivity contribution in [2.75, 3.05) is 13.7 Å². The number of fused-ring (bicyclic) bond motifs is 5. The summed E-state index contributed by atoms with van der Waals surface area (Å²) in [5.74, 6) is 4.18. The molecule has 4 aliphatic carbocycles. The molecule has 0 saturated heterocycles. The summed E-state index contributed by atoms with van der Waals surface area (Å²) >= 11 is 0. The first-order valence-electron chi connectivity index (χ1n) is 12.2. The molecular formula is C25H44O3. The SMILES string of the molecule is COCCC[C@@H](C)[C@H]1CCC2C3C[C@H](O)[C@@H]4C[C@H](O)CC[C@]4(C)C3CC[C@@]21C. The maximum absolute atomic E-state index is 11.1. The van der Waals surface area contributed by atoms with E-state index in [0.717, 1.165) is 56.0 Å². The van der Waals surface area contributed by atoms with Gasteiger partial charge in [0.15, 0.2) is 0 Å². The van der Waals surface area contributed by atoms with Crippen molar-refractivity contribution in [3.8, 4) is 0 Å². The standard InChI is InChI=1S/C25H44O3/c1-16(6-5-13-28-4)19-7-8-20-18-15-23(27)22-14-17(26)9-11-25(22,3)21(18)10-12-24(19,20)2/h16-23,26-27H,5-15H2,1-4H3/t16-,17-,18?,19-,20?,21?,22+,23+,24-,25-/m1/s1. The summed E-state index contributed by atoms with van der Waals surface area (Å²) in [6.45, 7) is 8.44. The van der Waals surface area contributed by atoms with E-state index in [4.69, 9.17) is 4.74 Å². The molecule has 3 heteroatoms. The van der Waals surface area contributed by atoms with E-state index in [1.165, 1.54) is 38.5 Å². The van der Waals surface area contributed by atoms with Gasteiger partial charge in [-0.25, -0.2) is 0 Å². The van der Waals surface area contributed by atoms with Gasteiger partial charge in [-0.15, -0.1) is 0 Å². The smallest absolute Gasteiger partial charge is 0.0577 e. The highest BCUT2D eigenvalue weighted by Gasteiger charge is 2.62. The predicted octanol–water partition coefficient (Wildman–Crippen LogP) is 5.04. The zero-order valence-corrected chi connectivity index (χ0v) is 18.7. The molecule has 0 amide bonds. The number of aliphatic hydroxyl groups is 2. The fourth-order valence-corrected chi connectivity index (χ4v) is 9.00. The Hall–Kier alpha value is -0.120. The third-order valence-electron chi connectivity index (χ3n) is 10.4. The normalized spacial score (nSPS) is 51.9. The Morgan fingerprint density at radius 2 is 1.64 bits per heavy atom. The van der Waals surface area contributed by atoms with Gasteiger partial charge in [0.25, 0.3) is 0 Å². The molecule has 2 N–H and O–H groups in total. The van der Waals surface area contributed by atoms with Crippen LogP contribution in [0.2, 0.25) is 0 Å². The zero-order valence-electron chi connectivity index (χ0n) is 18.7. The van der Waals surface area contributed by atoms with Crippen LogP contribution in [0.5, 0.6) is 0 Å².